The second-order valence-electron chi connectivity index (χ2n) is 8.18. The van der Waals surface area contributed by atoms with Gasteiger partial charge < -0.3 is 9.88 Å². The van der Waals surface area contributed by atoms with Crippen LogP contribution in [0.15, 0.2) is 65.7 Å². The molecule has 1 saturated heterocycles. The quantitative estimate of drug-likeness (QED) is 0.542. The Labute approximate surface area is 191 Å². The van der Waals surface area contributed by atoms with Gasteiger partial charge in [-0.3, -0.25) is 19.3 Å². The lowest BCUT2D eigenvalue weighted by molar-refractivity contribution is -0.129. The van der Waals surface area contributed by atoms with E-state index in [9.17, 15) is 14.4 Å². The molecule has 0 unspecified atom stereocenters. The number of carbonyl (C=O) groups excluding carboxylic acids is 3. The molecule has 1 aliphatic heterocycles. The number of hydrogen-bond acceptors (Lipinski definition) is 4. The number of imide groups is 1. The van der Waals surface area contributed by atoms with Crippen LogP contribution in [0.5, 0.6) is 0 Å². The van der Waals surface area contributed by atoms with Crippen LogP contribution in [0.3, 0.4) is 0 Å². The number of amides is 3. The van der Waals surface area contributed by atoms with Crippen LogP contribution in [0.4, 0.5) is 4.79 Å². The van der Waals surface area contributed by atoms with Gasteiger partial charge in [-0.1, -0.05) is 62.4 Å². The molecule has 164 valence electrons. The summed E-state index contributed by atoms with van der Waals surface area (Å²) in [5, 5.41) is 3.33. The zero-order valence-corrected chi connectivity index (χ0v) is 18.9. The van der Waals surface area contributed by atoms with E-state index < -0.39 is 11.1 Å². The molecule has 6 nitrogen and oxygen atoms in total. The first-order valence-electron chi connectivity index (χ1n) is 10.6. The monoisotopic (exact) mass is 447 g/mol. The summed E-state index contributed by atoms with van der Waals surface area (Å²) in [6, 6.07) is 18.1. The summed E-state index contributed by atoms with van der Waals surface area (Å²) >= 11 is 0.874. The highest BCUT2D eigenvalue weighted by Crippen LogP contribution is 2.34. The Morgan fingerprint density at radius 1 is 1.06 bits per heavy atom. The Kier molecular flexibility index (Phi) is 6.46. The highest BCUT2D eigenvalue weighted by molar-refractivity contribution is 8.18. The number of benzene rings is 2. The fourth-order valence-electron chi connectivity index (χ4n) is 3.60. The van der Waals surface area contributed by atoms with Gasteiger partial charge in [0, 0.05) is 35.8 Å². The molecule has 4 rings (SSSR count). The number of nitrogens with one attached hydrogen (secondary N) is 1. The summed E-state index contributed by atoms with van der Waals surface area (Å²) in [5.74, 6) is -0.469. The van der Waals surface area contributed by atoms with Crippen LogP contribution < -0.4 is 5.32 Å². The summed E-state index contributed by atoms with van der Waals surface area (Å²) < 4.78 is 2.14. The minimum atomic E-state index is -0.431. The summed E-state index contributed by atoms with van der Waals surface area (Å²) in [5.41, 5.74) is 3.09. The van der Waals surface area contributed by atoms with Crippen molar-refractivity contribution in [2.75, 3.05) is 13.1 Å². The molecule has 2 aromatic carbocycles. The van der Waals surface area contributed by atoms with Crippen LogP contribution in [0, 0.1) is 5.92 Å². The first-order chi connectivity index (χ1) is 15.4. The van der Waals surface area contributed by atoms with Gasteiger partial charge in [-0.25, -0.2) is 0 Å². The van der Waals surface area contributed by atoms with E-state index in [4.69, 9.17) is 0 Å². The van der Waals surface area contributed by atoms with Crippen LogP contribution in [0.25, 0.3) is 17.0 Å². The molecule has 0 aliphatic carbocycles. The zero-order chi connectivity index (χ0) is 22.7. The molecule has 7 heteroatoms. The van der Waals surface area contributed by atoms with E-state index >= 15 is 0 Å². The molecule has 2 heterocycles. The van der Waals surface area contributed by atoms with Crippen molar-refractivity contribution in [3.63, 3.8) is 0 Å². The number of hydrogen-bond donors (Lipinski definition) is 1. The van der Waals surface area contributed by atoms with Gasteiger partial charge in [0.05, 0.1) is 4.91 Å². The summed E-state index contributed by atoms with van der Waals surface area (Å²) in [4.78, 5) is 38.7. The molecular formula is C25H25N3O3S. The van der Waals surface area contributed by atoms with Crippen LogP contribution in [-0.2, 0) is 16.1 Å². The molecule has 32 heavy (non-hydrogen) atoms. The molecule has 1 fully saturated rings. The molecule has 0 atom stereocenters. The molecule has 0 radical (unpaired) electrons. The Balaban J connectivity index is 1.58. The van der Waals surface area contributed by atoms with Crippen molar-refractivity contribution in [3.05, 3.63) is 76.8 Å². The second-order valence-corrected chi connectivity index (χ2v) is 9.17. The predicted octanol–water partition coefficient (Wildman–Crippen LogP) is 4.50. The summed E-state index contributed by atoms with van der Waals surface area (Å²) in [6.45, 7) is 4.91. The highest BCUT2D eigenvalue weighted by Gasteiger charge is 2.36. The number of nitrogens with zero attached hydrogens (tertiary/aromatic N) is 2. The van der Waals surface area contributed by atoms with Crippen LogP contribution in [0.2, 0.25) is 0 Å². The Hall–Kier alpha value is -3.32. The van der Waals surface area contributed by atoms with E-state index in [1.165, 1.54) is 5.56 Å². The summed E-state index contributed by atoms with van der Waals surface area (Å²) in [7, 11) is 0. The first kappa shape index (κ1) is 21.9. The van der Waals surface area contributed by atoms with Gasteiger partial charge in [-0.05, 0) is 35.4 Å². The van der Waals surface area contributed by atoms with E-state index in [1.54, 1.807) is 6.08 Å². The lowest BCUT2D eigenvalue weighted by Crippen LogP contribution is -2.40. The SMILES string of the molecule is CC(C)CNC(=O)CN1C(=O)S/C(=C\c2cn(Cc3ccccc3)c3ccccc23)C1=O. The third kappa shape index (κ3) is 4.78. The molecule has 1 aliphatic rings. The average molecular weight is 448 g/mol. The minimum Gasteiger partial charge on any atom is -0.354 e. The van der Waals surface area contributed by atoms with Crippen molar-refractivity contribution in [1.29, 1.82) is 0 Å². The van der Waals surface area contributed by atoms with E-state index in [1.807, 2.05) is 62.5 Å². The smallest absolute Gasteiger partial charge is 0.294 e. The van der Waals surface area contributed by atoms with Crippen molar-refractivity contribution in [2.24, 2.45) is 5.92 Å². The van der Waals surface area contributed by atoms with Crippen molar-refractivity contribution in [2.45, 2.75) is 20.4 Å². The third-order valence-corrected chi connectivity index (χ3v) is 6.09. The number of aromatic nitrogens is 1. The van der Waals surface area contributed by atoms with Crippen molar-refractivity contribution >= 4 is 45.8 Å². The number of rotatable bonds is 7. The molecule has 3 aromatic rings. The van der Waals surface area contributed by atoms with Crippen molar-refractivity contribution < 1.29 is 14.4 Å². The number of fused-ring (bicyclic) bond motifs is 1. The standard InChI is InChI=1S/C25H25N3O3S/c1-17(2)13-26-23(29)16-28-24(30)22(32-25(28)31)12-19-15-27(14-18-8-4-3-5-9-18)21-11-7-6-10-20(19)21/h3-12,15,17H,13-14,16H2,1-2H3,(H,26,29)/b22-12-. The number of thioether (sulfide) groups is 1. The molecule has 1 N–H and O–H groups in total. The lowest BCUT2D eigenvalue weighted by Gasteiger charge is -2.13. The Bertz CT molecular complexity index is 1200. The molecular weight excluding hydrogens is 422 g/mol. The first-order valence-corrected chi connectivity index (χ1v) is 11.4. The maximum Gasteiger partial charge on any atom is 0.294 e. The van der Waals surface area contributed by atoms with Gasteiger partial charge in [0.2, 0.25) is 5.91 Å². The topological polar surface area (TPSA) is 71.4 Å². The Morgan fingerprint density at radius 3 is 2.53 bits per heavy atom. The van der Waals surface area contributed by atoms with Gasteiger partial charge >= 0.3 is 0 Å². The maximum absolute atomic E-state index is 12.9. The summed E-state index contributed by atoms with van der Waals surface area (Å²) in [6.07, 6.45) is 3.75. The van der Waals surface area contributed by atoms with E-state index in [0.717, 1.165) is 33.1 Å². The maximum atomic E-state index is 12.9. The number of para-hydroxylation sites is 1. The van der Waals surface area contributed by atoms with Crippen LogP contribution in [0.1, 0.15) is 25.0 Å². The third-order valence-electron chi connectivity index (χ3n) is 5.18. The van der Waals surface area contributed by atoms with Gasteiger partial charge in [0.15, 0.2) is 0 Å². The lowest BCUT2D eigenvalue weighted by atomic mass is 10.1. The van der Waals surface area contributed by atoms with E-state index in [2.05, 4.69) is 22.0 Å². The normalized spacial score (nSPS) is 15.3. The van der Waals surface area contributed by atoms with Gasteiger partial charge in [0.25, 0.3) is 11.1 Å². The Morgan fingerprint density at radius 2 is 1.78 bits per heavy atom. The van der Waals surface area contributed by atoms with Crippen molar-refractivity contribution in [1.82, 2.24) is 14.8 Å². The van der Waals surface area contributed by atoms with Crippen molar-refractivity contribution in [3.8, 4) is 0 Å². The largest absolute Gasteiger partial charge is 0.354 e. The second kappa shape index (κ2) is 9.44. The highest BCUT2D eigenvalue weighted by atomic mass is 32.2. The molecule has 0 spiro atoms. The molecule has 1 aromatic heterocycles. The number of carbonyl (C=O) groups is 3. The molecule has 3 amide bonds. The van der Waals surface area contributed by atoms with Gasteiger partial charge in [0.1, 0.15) is 6.54 Å². The van der Waals surface area contributed by atoms with Gasteiger partial charge in [-0.2, -0.15) is 0 Å². The fourth-order valence-corrected chi connectivity index (χ4v) is 4.43. The predicted molar refractivity (Wildman–Crippen MR) is 128 cm³/mol. The zero-order valence-electron chi connectivity index (χ0n) is 18.1. The fraction of sp³-hybridized carbons (Fsp3) is 0.240. The van der Waals surface area contributed by atoms with Crippen LogP contribution in [-0.4, -0.2) is 39.6 Å². The average Bonchev–Trinajstić information content (AvgIpc) is 3.25. The molecule has 0 saturated carbocycles. The van der Waals surface area contributed by atoms with E-state index in [0.29, 0.717) is 23.9 Å². The van der Waals surface area contributed by atoms with E-state index in [-0.39, 0.29) is 12.5 Å². The van der Waals surface area contributed by atoms with Gasteiger partial charge in [-0.15, -0.1) is 0 Å². The minimum absolute atomic E-state index is 0.259. The molecule has 0 bridgehead atoms. The van der Waals surface area contributed by atoms with Crippen LogP contribution >= 0.6 is 11.8 Å².